The number of carbonyl (C=O) groups excluding carboxylic acids is 1. The van der Waals surface area contributed by atoms with Crippen LogP contribution in [0, 0.1) is 6.57 Å². The molecule has 2 unspecified atom stereocenters. The highest BCUT2D eigenvalue weighted by atomic mass is 31.2. The van der Waals surface area contributed by atoms with E-state index in [-0.39, 0.29) is 45.0 Å². The van der Waals surface area contributed by atoms with Gasteiger partial charge >= 0.3 is 17.8 Å². The lowest BCUT2D eigenvalue weighted by Gasteiger charge is -2.39. The first kappa shape index (κ1) is 51.9. The Hall–Kier alpha value is -5.12. The van der Waals surface area contributed by atoms with E-state index in [1.807, 2.05) is 112 Å². The number of aromatic amines is 1. The van der Waals surface area contributed by atoms with Gasteiger partial charge in [0.2, 0.25) is 6.54 Å². The summed E-state index contributed by atoms with van der Waals surface area (Å²) in [6.45, 7) is 15.4. The predicted molar refractivity (Wildman–Crippen MR) is 242 cm³/mol. The zero-order valence-corrected chi connectivity index (χ0v) is 38.9. The summed E-state index contributed by atoms with van der Waals surface area (Å²) < 4.78 is 86.6. The van der Waals surface area contributed by atoms with Gasteiger partial charge in [0.1, 0.15) is 42.0 Å². The van der Waals surface area contributed by atoms with Crippen LogP contribution in [-0.4, -0.2) is 104 Å². The third-order valence-electron chi connectivity index (χ3n) is 10.8. The number of unbranched alkanes of at least 4 members (excludes halogenated alkanes) is 3. The molecule has 1 aliphatic rings. The molecule has 15 nitrogen and oxygen atoms in total. The summed E-state index contributed by atoms with van der Waals surface area (Å²) in [5, 5.41) is 1.89. The molecule has 1 aliphatic heterocycles. The van der Waals surface area contributed by atoms with Crippen molar-refractivity contribution in [3.63, 3.8) is 0 Å². The van der Waals surface area contributed by atoms with E-state index in [4.69, 9.17) is 39.3 Å². The number of methoxy groups -OCH3 is 2. The monoisotopic (exact) mass is 941 g/mol. The molecule has 0 saturated carbocycles. The number of nitrogens with one attached hydrogen (secondary N) is 2. The van der Waals surface area contributed by atoms with Crippen molar-refractivity contribution < 1.29 is 50.7 Å². The maximum Gasteiger partial charge on any atom is 0.471 e. The molecule has 0 spiro atoms. The molecule has 3 aromatic carbocycles. The number of H-pyrrole nitrogens is 1. The van der Waals surface area contributed by atoms with Crippen molar-refractivity contribution in [1.29, 1.82) is 0 Å². The Balaban J connectivity index is 1.58. The lowest BCUT2D eigenvalue weighted by Crippen LogP contribution is -2.43. The Morgan fingerprint density at radius 3 is 1.98 bits per heavy atom. The van der Waals surface area contributed by atoms with Gasteiger partial charge in [-0.1, -0.05) is 67.4 Å². The van der Waals surface area contributed by atoms with Gasteiger partial charge in [-0.05, 0) is 81.5 Å². The molecule has 358 valence electrons. The fraction of sp³-hybridized carbons (Fsp3) is 0.489. The number of halogens is 3. The zero-order valence-electron chi connectivity index (χ0n) is 38.0. The number of ether oxygens (including phenoxy) is 5. The highest BCUT2D eigenvalue weighted by Gasteiger charge is 2.51. The van der Waals surface area contributed by atoms with Gasteiger partial charge in [-0.2, -0.15) is 13.2 Å². The van der Waals surface area contributed by atoms with Gasteiger partial charge < -0.3 is 42.9 Å². The number of carbonyl (C=O) groups is 1. The predicted octanol–water partition coefficient (Wildman–Crippen LogP) is 7.75. The van der Waals surface area contributed by atoms with Crippen molar-refractivity contribution in [2.45, 2.75) is 102 Å². The smallest absolute Gasteiger partial charge is 0.471 e. The third kappa shape index (κ3) is 13.3. The second kappa shape index (κ2) is 24.6. The van der Waals surface area contributed by atoms with Crippen molar-refractivity contribution >= 4 is 14.4 Å². The largest absolute Gasteiger partial charge is 0.497 e. The number of alkyl halides is 3. The minimum absolute atomic E-state index is 0.0731. The first-order chi connectivity index (χ1) is 31.6. The lowest BCUT2D eigenvalue weighted by atomic mass is 9.80. The van der Waals surface area contributed by atoms with E-state index >= 15 is 0 Å². The minimum Gasteiger partial charge on any atom is -0.497 e. The van der Waals surface area contributed by atoms with Crippen LogP contribution < -0.4 is 26.0 Å². The minimum atomic E-state index is -4.96. The van der Waals surface area contributed by atoms with Gasteiger partial charge in [0.25, 0.3) is 14.1 Å². The van der Waals surface area contributed by atoms with Crippen molar-refractivity contribution in [1.82, 2.24) is 19.5 Å². The fourth-order valence-electron chi connectivity index (χ4n) is 7.78. The number of hydrogen-bond donors (Lipinski definition) is 2. The van der Waals surface area contributed by atoms with Crippen LogP contribution in [0.4, 0.5) is 13.2 Å². The average Bonchev–Trinajstić information content (AvgIpc) is 3.63. The van der Waals surface area contributed by atoms with E-state index in [0.29, 0.717) is 37.2 Å². The molecule has 1 aromatic heterocycles. The van der Waals surface area contributed by atoms with Crippen LogP contribution in [0.15, 0.2) is 101 Å². The summed E-state index contributed by atoms with van der Waals surface area (Å²) in [5.74, 6) is -0.713. The maximum absolute atomic E-state index is 13.6. The van der Waals surface area contributed by atoms with Gasteiger partial charge in [-0.15, -0.1) is 0 Å². The molecule has 4 aromatic rings. The zero-order chi connectivity index (χ0) is 47.9. The summed E-state index contributed by atoms with van der Waals surface area (Å²) >= 11 is 0. The second-order valence-electron chi connectivity index (χ2n) is 16.0. The van der Waals surface area contributed by atoms with Crippen LogP contribution in [0.5, 0.6) is 11.5 Å². The quantitative estimate of drug-likeness (QED) is 0.0290. The molecule has 2 heterocycles. The number of aromatic nitrogens is 2. The molecule has 5 atom stereocenters. The van der Waals surface area contributed by atoms with E-state index in [1.54, 1.807) is 14.2 Å². The van der Waals surface area contributed by atoms with Crippen molar-refractivity contribution in [2.75, 3.05) is 47.1 Å². The SMILES string of the molecule is [C-]#[N+]CCOP(OC1[C@@H](COC(c2ccccc2)(c2ccc(OC)cc2)c2ccc(OC)cc2)O[C@@H](n2ccc(=O)[nH]c2=O)[C@H]1OCCCCCCNC(=O)C(F)(F)F)N(C(C)C)C(C)C. The van der Waals surface area contributed by atoms with E-state index in [2.05, 4.69) is 14.5 Å². The first-order valence-electron chi connectivity index (χ1n) is 21.8. The van der Waals surface area contributed by atoms with Gasteiger partial charge in [-0.3, -0.25) is 19.1 Å². The molecule has 66 heavy (non-hydrogen) atoms. The molecule has 19 heteroatoms. The van der Waals surface area contributed by atoms with E-state index in [0.717, 1.165) is 16.7 Å². The highest BCUT2D eigenvalue weighted by Crippen LogP contribution is 2.51. The highest BCUT2D eigenvalue weighted by molar-refractivity contribution is 7.44. The molecule has 0 radical (unpaired) electrons. The topological polar surface area (TPSA) is 156 Å². The first-order valence-corrected chi connectivity index (χ1v) is 22.9. The number of amides is 1. The number of nitrogens with zero attached hydrogens (tertiary/aromatic N) is 3. The normalized spacial score (nSPS) is 18.1. The summed E-state index contributed by atoms with van der Waals surface area (Å²) in [5.41, 5.74) is -0.354. The molecular formula is C47H59F3N5O10P. The van der Waals surface area contributed by atoms with Crippen molar-refractivity contribution in [2.24, 2.45) is 0 Å². The molecule has 1 amide bonds. The standard InChI is InChI=1S/C47H59F3N5O10P/c1-32(2)55(33(3)4)66(63-30-27-51-5)65-41-39(64-43(54-28-25-40(56)53-45(54)58)42(41)61-29-14-9-8-13-26-52-44(57)47(48,49)50)31-62-46(34-15-11-10-12-16-34,35-17-21-37(59-6)22-18-35)36-19-23-38(60-7)24-20-36/h10-12,15-25,28,32-33,39,41-43H,8-9,13-14,26-27,29-31H2,1-4,6-7H3,(H,52,57)(H,53,56,58)/t39-,41?,42+,43-,66?/m1/s1. The van der Waals surface area contributed by atoms with Crippen LogP contribution in [0.3, 0.4) is 0 Å². The Kier molecular flexibility index (Phi) is 19.3. The van der Waals surface area contributed by atoms with Gasteiger partial charge in [0.15, 0.2) is 6.23 Å². The molecule has 0 bridgehead atoms. The van der Waals surface area contributed by atoms with Gasteiger partial charge in [-0.25, -0.2) is 16.0 Å². The van der Waals surface area contributed by atoms with E-state index in [1.165, 1.54) is 16.8 Å². The van der Waals surface area contributed by atoms with E-state index in [9.17, 15) is 27.6 Å². The van der Waals surface area contributed by atoms with Gasteiger partial charge in [0.05, 0.1) is 20.8 Å². The van der Waals surface area contributed by atoms with Crippen molar-refractivity contribution in [3.05, 3.63) is 140 Å². The molecular weight excluding hydrogens is 883 g/mol. The molecule has 1 fully saturated rings. The van der Waals surface area contributed by atoms with Crippen LogP contribution in [-0.2, 0) is 33.7 Å². The average molecular weight is 942 g/mol. The third-order valence-corrected chi connectivity index (χ3v) is 13.0. The summed E-state index contributed by atoms with van der Waals surface area (Å²) in [6.07, 6.45) is -5.96. The summed E-state index contributed by atoms with van der Waals surface area (Å²) in [4.78, 5) is 42.9. The van der Waals surface area contributed by atoms with Crippen LogP contribution in [0.1, 0.15) is 76.3 Å². The maximum atomic E-state index is 13.6. The van der Waals surface area contributed by atoms with Crippen molar-refractivity contribution in [3.8, 4) is 11.5 Å². The Labute approximate surface area is 384 Å². The van der Waals surface area contributed by atoms with Gasteiger partial charge in [0, 0.05) is 37.5 Å². The lowest BCUT2D eigenvalue weighted by molar-refractivity contribution is -0.173. The molecule has 5 rings (SSSR count). The van der Waals surface area contributed by atoms with Crippen LogP contribution in [0.2, 0.25) is 0 Å². The fourth-order valence-corrected chi connectivity index (χ4v) is 9.53. The summed E-state index contributed by atoms with van der Waals surface area (Å²) in [7, 11) is 1.26. The number of hydrogen-bond acceptors (Lipinski definition) is 11. The molecule has 2 N–H and O–H groups in total. The second-order valence-corrected chi connectivity index (χ2v) is 17.4. The summed E-state index contributed by atoms with van der Waals surface area (Å²) in [6, 6.07) is 25.8. The number of rotatable bonds is 25. The Morgan fingerprint density at radius 1 is 0.848 bits per heavy atom. The molecule has 1 saturated heterocycles. The van der Waals surface area contributed by atoms with Crippen LogP contribution >= 0.6 is 8.53 Å². The van der Waals surface area contributed by atoms with Crippen LogP contribution in [0.25, 0.3) is 4.85 Å². The Morgan fingerprint density at radius 2 is 1.44 bits per heavy atom. The molecule has 0 aliphatic carbocycles. The Bertz CT molecular complexity index is 2220. The van der Waals surface area contributed by atoms with E-state index < -0.39 is 62.0 Å². The number of benzene rings is 3.